The molecule has 0 saturated carbocycles. The second-order valence-corrected chi connectivity index (χ2v) is 7.41. The molecule has 0 bridgehead atoms. The molecule has 2 aromatic rings. The minimum absolute atomic E-state index is 0.00718. The lowest BCUT2D eigenvalue weighted by molar-refractivity contribution is -0.121. The van der Waals surface area contributed by atoms with Gasteiger partial charge in [-0.15, -0.1) is 0 Å². The van der Waals surface area contributed by atoms with Crippen molar-refractivity contribution in [3.63, 3.8) is 0 Å². The van der Waals surface area contributed by atoms with Crippen molar-refractivity contribution < 1.29 is 9.59 Å². The van der Waals surface area contributed by atoms with Crippen molar-refractivity contribution in [2.24, 2.45) is 0 Å². The molecule has 0 aliphatic carbocycles. The second kappa shape index (κ2) is 5.45. The van der Waals surface area contributed by atoms with Gasteiger partial charge in [-0.1, -0.05) is 18.2 Å². The molecule has 4 nitrogen and oxygen atoms in total. The van der Waals surface area contributed by atoms with E-state index < -0.39 is 5.41 Å². The zero-order valence-electron chi connectivity index (χ0n) is 14.9. The lowest BCUT2D eigenvalue weighted by atomic mass is 9.85. The van der Waals surface area contributed by atoms with Crippen molar-refractivity contribution in [3.05, 3.63) is 59.2 Å². The first kappa shape index (κ1) is 15.9. The van der Waals surface area contributed by atoms with E-state index >= 15 is 0 Å². The zero-order valence-corrected chi connectivity index (χ0v) is 14.9. The highest BCUT2D eigenvalue weighted by molar-refractivity contribution is 6.10. The van der Waals surface area contributed by atoms with Gasteiger partial charge in [0.2, 0.25) is 5.91 Å². The molecule has 0 atom stereocenters. The number of benzene rings is 2. The number of nitrogens with zero attached hydrogens (tertiary/aromatic N) is 2. The normalized spacial score (nSPS) is 18.1. The number of rotatable bonds is 1. The molecule has 2 amide bonds. The number of hydrogen-bond donors (Lipinski definition) is 0. The quantitative estimate of drug-likeness (QED) is 0.800. The molecule has 2 heterocycles. The molecule has 2 aliphatic heterocycles. The summed E-state index contributed by atoms with van der Waals surface area (Å²) in [6.45, 7) is 4.57. The van der Waals surface area contributed by atoms with Crippen LogP contribution in [-0.2, 0) is 16.6 Å². The number of carbonyl (C=O) groups excluding carboxylic acids is 2. The fraction of sp³-hybridized carbons (Fsp3) is 0.333. The average Bonchev–Trinajstić information content (AvgIpc) is 2.81. The topological polar surface area (TPSA) is 40.6 Å². The number of para-hydroxylation sites is 1. The third-order valence-corrected chi connectivity index (χ3v) is 5.47. The van der Waals surface area contributed by atoms with Crippen LogP contribution in [0.25, 0.3) is 0 Å². The molecule has 0 spiro atoms. The third-order valence-electron chi connectivity index (χ3n) is 5.47. The van der Waals surface area contributed by atoms with Gasteiger partial charge in [0.05, 0.1) is 5.41 Å². The van der Waals surface area contributed by atoms with Gasteiger partial charge in [-0.2, -0.15) is 0 Å². The van der Waals surface area contributed by atoms with Gasteiger partial charge in [0, 0.05) is 30.5 Å². The molecule has 4 rings (SSSR count). The standard InChI is InChI=1S/C21H22N2O2/c1-21(2)16-13-15(10-11-18(16)22(3)20(21)25)19(24)23-12-6-8-14-7-4-5-9-17(14)23/h4-5,7,9-11,13H,6,8,12H2,1-3H3. The molecule has 25 heavy (non-hydrogen) atoms. The first-order valence-electron chi connectivity index (χ1n) is 8.74. The SMILES string of the molecule is CN1C(=O)C(C)(C)c2cc(C(=O)N3CCCc4ccccc43)ccc21. The van der Waals surface area contributed by atoms with E-state index in [9.17, 15) is 9.59 Å². The minimum atomic E-state index is -0.597. The Labute approximate surface area is 148 Å². The minimum Gasteiger partial charge on any atom is -0.314 e. The lowest BCUT2D eigenvalue weighted by Gasteiger charge is -2.29. The highest BCUT2D eigenvalue weighted by atomic mass is 16.2. The van der Waals surface area contributed by atoms with Crippen LogP contribution in [0, 0.1) is 0 Å². The van der Waals surface area contributed by atoms with Gasteiger partial charge in [-0.3, -0.25) is 9.59 Å². The molecule has 0 saturated heterocycles. The van der Waals surface area contributed by atoms with E-state index in [1.165, 1.54) is 5.56 Å². The maximum Gasteiger partial charge on any atom is 0.258 e. The summed E-state index contributed by atoms with van der Waals surface area (Å²) >= 11 is 0. The lowest BCUT2D eigenvalue weighted by Crippen LogP contribution is -2.35. The Morgan fingerprint density at radius 2 is 1.84 bits per heavy atom. The van der Waals surface area contributed by atoms with E-state index in [1.54, 1.807) is 11.9 Å². The fourth-order valence-corrected chi connectivity index (χ4v) is 4.01. The number of carbonyl (C=O) groups is 2. The number of likely N-dealkylation sites (N-methyl/N-ethyl adjacent to an activating group) is 1. The average molecular weight is 334 g/mol. The number of anilines is 2. The van der Waals surface area contributed by atoms with Crippen LogP contribution in [0.1, 0.15) is 41.8 Å². The van der Waals surface area contributed by atoms with Crippen molar-refractivity contribution in [1.29, 1.82) is 0 Å². The van der Waals surface area contributed by atoms with Crippen LogP contribution < -0.4 is 9.80 Å². The van der Waals surface area contributed by atoms with E-state index in [2.05, 4.69) is 6.07 Å². The smallest absolute Gasteiger partial charge is 0.258 e. The number of amides is 2. The summed E-state index contributed by atoms with van der Waals surface area (Å²) in [4.78, 5) is 29.2. The maximum atomic E-state index is 13.2. The Hall–Kier alpha value is -2.62. The molecule has 2 aliphatic rings. The van der Waals surface area contributed by atoms with Crippen molar-refractivity contribution >= 4 is 23.2 Å². The Balaban J connectivity index is 1.74. The van der Waals surface area contributed by atoms with Crippen LogP contribution in [0.5, 0.6) is 0 Å². The summed E-state index contributed by atoms with van der Waals surface area (Å²) < 4.78 is 0. The Morgan fingerprint density at radius 3 is 2.64 bits per heavy atom. The van der Waals surface area contributed by atoms with Crippen molar-refractivity contribution in [3.8, 4) is 0 Å². The number of hydrogen-bond acceptors (Lipinski definition) is 2. The van der Waals surface area contributed by atoms with Gasteiger partial charge in [0.15, 0.2) is 0 Å². The van der Waals surface area contributed by atoms with Crippen molar-refractivity contribution in [2.75, 3.05) is 23.4 Å². The summed E-state index contributed by atoms with van der Waals surface area (Å²) in [5.74, 6) is 0.0724. The predicted octanol–water partition coefficient (Wildman–Crippen LogP) is 3.53. The van der Waals surface area contributed by atoms with Crippen LogP contribution in [-0.4, -0.2) is 25.4 Å². The molecule has 0 aromatic heterocycles. The van der Waals surface area contributed by atoms with Crippen LogP contribution in [0.2, 0.25) is 0 Å². The van der Waals surface area contributed by atoms with Crippen molar-refractivity contribution in [2.45, 2.75) is 32.1 Å². The first-order chi connectivity index (χ1) is 11.9. The van der Waals surface area contributed by atoms with Crippen LogP contribution in [0.3, 0.4) is 0 Å². The monoisotopic (exact) mass is 334 g/mol. The molecule has 0 N–H and O–H groups in total. The van der Waals surface area contributed by atoms with E-state index in [-0.39, 0.29) is 11.8 Å². The van der Waals surface area contributed by atoms with E-state index in [0.29, 0.717) is 5.56 Å². The molecular weight excluding hydrogens is 312 g/mol. The molecule has 128 valence electrons. The Morgan fingerprint density at radius 1 is 1.08 bits per heavy atom. The highest BCUT2D eigenvalue weighted by Gasteiger charge is 2.42. The van der Waals surface area contributed by atoms with Gasteiger partial charge in [-0.25, -0.2) is 0 Å². The molecule has 4 heteroatoms. The second-order valence-electron chi connectivity index (χ2n) is 7.41. The van der Waals surface area contributed by atoms with Gasteiger partial charge in [0.25, 0.3) is 5.91 Å². The summed E-state index contributed by atoms with van der Waals surface area (Å²) in [6, 6.07) is 13.7. The first-order valence-corrected chi connectivity index (χ1v) is 8.74. The van der Waals surface area contributed by atoms with Crippen LogP contribution in [0.15, 0.2) is 42.5 Å². The van der Waals surface area contributed by atoms with Crippen LogP contribution >= 0.6 is 0 Å². The predicted molar refractivity (Wildman–Crippen MR) is 99.3 cm³/mol. The fourth-order valence-electron chi connectivity index (χ4n) is 4.01. The largest absolute Gasteiger partial charge is 0.314 e. The number of fused-ring (bicyclic) bond motifs is 2. The Kier molecular flexibility index (Phi) is 3.46. The molecule has 0 unspecified atom stereocenters. The summed E-state index contributed by atoms with van der Waals surface area (Å²) in [7, 11) is 1.79. The van der Waals surface area contributed by atoms with Gasteiger partial charge < -0.3 is 9.80 Å². The van der Waals surface area contributed by atoms with E-state index in [1.807, 2.05) is 55.1 Å². The van der Waals surface area contributed by atoms with E-state index in [4.69, 9.17) is 0 Å². The van der Waals surface area contributed by atoms with E-state index in [0.717, 1.165) is 36.3 Å². The summed E-state index contributed by atoms with van der Waals surface area (Å²) in [6.07, 6.45) is 1.98. The molecular formula is C21H22N2O2. The summed E-state index contributed by atoms with van der Waals surface area (Å²) in [5, 5.41) is 0. The van der Waals surface area contributed by atoms with Crippen LogP contribution in [0.4, 0.5) is 11.4 Å². The summed E-state index contributed by atoms with van der Waals surface area (Å²) in [5.41, 5.74) is 4.10. The van der Waals surface area contributed by atoms with Crippen molar-refractivity contribution in [1.82, 2.24) is 0 Å². The molecule has 0 fully saturated rings. The highest BCUT2D eigenvalue weighted by Crippen LogP contribution is 2.41. The van der Waals surface area contributed by atoms with Gasteiger partial charge >= 0.3 is 0 Å². The maximum absolute atomic E-state index is 13.2. The molecule has 0 radical (unpaired) electrons. The third kappa shape index (κ3) is 2.28. The Bertz CT molecular complexity index is 885. The number of aryl methyl sites for hydroxylation is 1. The van der Waals surface area contributed by atoms with Gasteiger partial charge in [-0.05, 0) is 62.1 Å². The van der Waals surface area contributed by atoms with Gasteiger partial charge in [0.1, 0.15) is 0 Å². The molecule has 2 aromatic carbocycles. The zero-order chi connectivity index (χ0) is 17.8.